The van der Waals surface area contributed by atoms with Crippen LogP contribution in [0.5, 0.6) is 5.75 Å². The number of hydrogen-bond acceptors (Lipinski definition) is 3. The van der Waals surface area contributed by atoms with E-state index in [1.165, 1.54) is 17.7 Å². The van der Waals surface area contributed by atoms with Gasteiger partial charge < -0.3 is 21.1 Å². The van der Waals surface area contributed by atoms with Crippen molar-refractivity contribution < 1.29 is 9.90 Å². The zero-order valence-electron chi connectivity index (χ0n) is 15.9. The number of rotatable bonds is 8. The molecule has 0 saturated heterocycles. The number of nitrogens with zero attached hydrogens (tertiary/aromatic N) is 1. The van der Waals surface area contributed by atoms with E-state index in [4.69, 9.17) is 0 Å². The highest BCUT2D eigenvalue weighted by molar-refractivity contribution is 5.94. The highest BCUT2D eigenvalue weighted by atomic mass is 16.3. The molecule has 4 N–H and O–H groups in total. The number of aromatic hydroxyl groups is 1. The second kappa shape index (κ2) is 10.9. The standard InChI is InChI=1S/C21H28N4O2/c1-3-22-21(24-16(2)9-10-17-7-5-4-6-8-17)23-15-20(27)25-18-11-13-19(26)14-12-18/h4-8,11-14,16,26H,3,9-10,15H2,1-2H3,(H,25,27)(H2,22,23,24). The van der Waals surface area contributed by atoms with Gasteiger partial charge in [0.05, 0.1) is 0 Å². The summed E-state index contributed by atoms with van der Waals surface area (Å²) in [4.78, 5) is 16.4. The number of anilines is 1. The fraction of sp³-hybridized carbons (Fsp3) is 0.333. The van der Waals surface area contributed by atoms with E-state index in [0.717, 1.165) is 19.4 Å². The lowest BCUT2D eigenvalue weighted by Crippen LogP contribution is -2.42. The molecule has 0 spiro atoms. The first-order chi connectivity index (χ1) is 13.1. The minimum absolute atomic E-state index is 0.0155. The molecule has 0 aliphatic rings. The Labute approximate surface area is 160 Å². The van der Waals surface area contributed by atoms with Gasteiger partial charge in [-0.3, -0.25) is 4.79 Å². The summed E-state index contributed by atoms with van der Waals surface area (Å²) in [5.74, 6) is 0.572. The molecule has 2 rings (SSSR count). The van der Waals surface area contributed by atoms with Crippen LogP contribution in [0.4, 0.5) is 5.69 Å². The number of carbonyl (C=O) groups is 1. The molecule has 1 unspecified atom stereocenters. The lowest BCUT2D eigenvalue weighted by molar-refractivity contribution is -0.114. The maximum atomic E-state index is 12.1. The van der Waals surface area contributed by atoms with E-state index in [9.17, 15) is 9.90 Å². The van der Waals surface area contributed by atoms with Crippen LogP contribution in [0.15, 0.2) is 59.6 Å². The third-order valence-corrected chi connectivity index (χ3v) is 3.97. The molecule has 0 radical (unpaired) electrons. The summed E-state index contributed by atoms with van der Waals surface area (Å²) < 4.78 is 0. The quantitative estimate of drug-likeness (QED) is 0.328. The number of nitrogens with one attached hydrogen (secondary N) is 3. The van der Waals surface area contributed by atoms with Crippen molar-refractivity contribution in [2.75, 3.05) is 18.4 Å². The van der Waals surface area contributed by atoms with Crippen molar-refractivity contribution in [3.05, 3.63) is 60.2 Å². The zero-order valence-corrected chi connectivity index (χ0v) is 15.9. The van der Waals surface area contributed by atoms with Crippen molar-refractivity contribution in [1.82, 2.24) is 10.6 Å². The average Bonchev–Trinajstić information content (AvgIpc) is 2.67. The first-order valence-electron chi connectivity index (χ1n) is 9.24. The van der Waals surface area contributed by atoms with Gasteiger partial charge in [0.25, 0.3) is 0 Å². The second-order valence-corrected chi connectivity index (χ2v) is 6.36. The molecule has 0 heterocycles. The van der Waals surface area contributed by atoms with Gasteiger partial charge in [0.15, 0.2) is 5.96 Å². The van der Waals surface area contributed by atoms with Crippen molar-refractivity contribution in [3.8, 4) is 5.75 Å². The Balaban J connectivity index is 1.83. The number of hydrogen-bond donors (Lipinski definition) is 4. The molecule has 0 fully saturated rings. The van der Waals surface area contributed by atoms with E-state index in [1.54, 1.807) is 12.1 Å². The van der Waals surface area contributed by atoms with E-state index in [1.807, 2.05) is 25.1 Å². The molecule has 0 bridgehead atoms. The van der Waals surface area contributed by atoms with Crippen molar-refractivity contribution in [3.63, 3.8) is 0 Å². The molecule has 2 aromatic carbocycles. The van der Waals surface area contributed by atoms with Gasteiger partial charge in [-0.2, -0.15) is 0 Å². The van der Waals surface area contributed by atoms with Gasteiger partial charge in [-0.05, 0) is 56.5 Å². The predicted molar refractivity (Wildman–Crippen MR) is 110 cm³/mol. The van der Waals surface area contributed by atoms with Crippen LogP contribution in [0.1, 0.15) is 25.8 Å². The van der Waals surface area contributed by atoms with Gasteiger partial charge in [0, 0.05) is 18.3 Å². The molecule has 0 aliphatic carbocycles. The molecule has 27 heavy (non-hydrogen) atoms. The van der Waals surface area contributed by atoms with Gasteiger partial charge in [0.2, 0.25) is 5.91 Å². The molecular weight excluding hydrogens is 340 g/mol. The number of aliphatic imine (C=N–C) groups is 1. The number of aryl methyl sites for hydroxylation is 1. The number of phenolic OH excluding ortho intramolecular Hbond substituents is 1. The van der Waals surface area contributed by atoms with E-state index in [0.29, 0.717) is 11.6 Å². The number of carbonyl (C=O) groups excluding carboxylic acids is 1. The number of amides is 1. The van der Waals surface area contributed by atoms with Crippen LogP contribution < -0.4 is 16.0 Å². The Kier molecular flexibility index (Phi) is 8.16. The fourth-order valence-corrected chi connectivity index (χ4v) is 2.55. The first kappa shape index (κ1) is 20.3. The lowest BCUT2D eigenvalue weighted by atomic mass is 10.1. The van der Waals surface area contributed by atoms with Crippen LogP contribution in [-0.4, -0.2) is 36.1 Å². The summed E-state index contributed by atoms with van der Waals surface area (Å²) in [6, 6.07) is 16.9. The summed E-state index contributed by atoms with van der Waals surface area (Å²) in [6.07, 6.45) is 1.95. The van der Waals surface area contributed by atoms with Crippen molar-refractivity contribution in [2.45, 2.75) is 32.7 Å². The first-order valence-corrected chi connectivity index (χ1v) is 9.24. The number of phenols is 1. The maximum Gasteiger partial charge on any atom is 0.246 e. The second-order valence-electron chi connectivity index (χ2n) is 6.36. The monoisotopic (exact) mass is 368 g/mol. The van der Waals surface area contributed by atoms with Crippen molar-refractivity contribution in [1.29, 1.82) is 0 Å². The third kappa shape index (κ3) is 7.81. The lowest BCUT2D eigenvalue weighted by Gasteiger charge is -2.17. The Morgan fingerprint density at radius 1 is 1.11 bits per heavy atom. The summed E-state index contributed by atoms with van der Waals surface area (Å²) in [5, 5.41) is 18.5. The average molecular weight is 368 g/mol. The minimum Gasteiger partial charge on any atom is -0.508 e. The summed E-state index contributed by atoms with van der Waals surface area (Å²) >= 11 is 0. The summed E-state index contributed by atoms with van der Waals surface area (Å²) in [6.45, 7) is 4.83. The number of benzene rings is 2. The zero-order chi connectivity index (χ0) is 19.5. The SMILES string of the molecule is CCNC(=NCC(=O)Nc1ccc(O)cc1)NC(C)CCc1ccccc1. The van der Waals surface area contributed by atoms with E-state index >= 15 is 0 Å². The molecule has 1 atom stereocenters. The molecule has 6 heteroatoms. The molecular formula is C21H28N4O2. The van der Waals surface area contributed by atoms with Crippen LogP contribution in [0, 0.1) is 0 Å². The van der Waals surface area contributed by atoms with Crippen LogP contribution >= 0.6 is 0 Å². The van der Waals surface area contributed by atoms with Crippen molar-refractivity contribution in [2.24, 2.45) is 4.99 Å². The molecule has 0 saturated carbocycles. The largest absolute Gasteiger partial charge is 0.508 e. The van der Waals surface area contributed by atoms with Gasteiger partial charge in [-0.15, -0.1) is 0 Å². The molecule has 1 amide bonds. The molecule has 2 aromatic rings. The Morgan fingerprint density at radius 2 is 1.81 bits per heavy atom. The van der Waals surface area contributed by atoms with Crippen LogP contribution in [0.2, 0.25) is 0 Å². The highest BCUT2D eigenvalue weighted by Gasteiger charge is 2.07. The van der Waals surface area contributed by atoms with Crippen molar-refractivity contribution >= 4 is 17.6 Å². The normalized spacial score (nSPS) is 12.3. The smallest absolute Gasteiger partial charge is 0.246 e. The van der Waals surface area contributed by atoms with E-state index in [-0.39, 0.29) is 24.2 Å². The van der Waals surface area contributed by atoms with E-state index < -0.39 is 0 Å². The van der Waals surface area contributed by atoms with Gasteiger partial charge in [-0.1, -0.05) is 30.3 Å². The minimum atomic E-state index is -0.213. The Bertz CT molecular complexity index is 730. The summed E-state index contributed by atoms with van der Waals surface area (Å²) in [5.41, 5.74) is 1.93. The van der Waals surface area contributed by atoms with Crippen LogP contribution in [0.25, 0.3) is 0 Å². The van der Waals surface area contributed by atoms with Gasteiger partial charge in [-0.25, -0.2) is 4.99 Å². The highest BCUT2D eigenvalue weighted by Crippen LogP contribution is 2.13. The molecule has 6 nitrogen and oxygen atoms in total. The van der Waals surface area contributed by atoms with Gasteiger partial charge in [0.1, 0.15) is 12.3 Å². The fourth-order valence-electron chi connectivity index (χ4n) is 2.55. The molecule has 144 valence electrons. The third-order valence-electron chi connectivity index (χ3n) is 3.97. The molecule has 0 aromatic heterocycles. The predicted octanol–water partition coefficient (Wildman–Crippen LogP) is 2.91. The Hall–Kier alpha value is -3.02. The topological polar surface area (TPSA) is 85.8 Å². The molecule has 0 aliphatic heterocycles. The summed E-state index contributed by atoms with van der Waals surface area (Å²) in [7, 11) is 0. The Morgan fingerprint density at radius 3 is 2.48 bits per heavy atom. The van der Waals surface area contributed by atoms with Gasteiger partial charge >= 0.3 is 0 Å². The van der Waals surface area contributed by atoms with Crippen LogP contribution in [0.3, 0.4) is 0 Å². The van der Waals surface area contributed by atoms with Crippen LogP contribution in [-0.2, 0) is 11.2 Å². The number of guanidine groups is 1. The maximum absolute atomic E-state index is 12.1. The van der Waals surface area contributed by atoms with E-state index in [2.05, 4.69) is 40.0 Å².